The summed E-state index contributed by atoms with van der Waals surface area (Å²) in [5, 5.41) is 0. The van der Waals surface area contributed by atoms with E-state index in [1.807, 2.05) is 0 Å². The molecule has 278 valence electrons. The Morgan fingerprint density at radius 3 is 1.11 bits per heavy atom. The Hall–Kier alpha value is -1.59. The van der Waals surface area contributed by atoms with E-state index in [4.69, 9.17) is 14.2 Å². The highest BCUT2D eigenvalue weighted by Gasteiger charge is 2.19. The van der Waals surface area contributed by atoms with E-state index >= 15 is 0 Å². The molecule has 0 N–H and O–H groups in total. The summed E-state index contributed by atoms with van der Waals surface area (Å²) in [4.78, 5) is 37.4. The number of esters is 3. The maximum atomic E-state index is 12.6. The second-order valence-electron chi connectivity index (χ2n) is 14.2. The lowest BCUT2D eigenvalue weighted by molar-refractivity contribution is -0.167. The first-order valence-electron chi connectivity index (χ1n) is 20.4. The predicted molar refractivity (Wildman–Crippen MR) is 196 cm³/mol. The van der Waals surface area contributed by atoms with Crippen molar-refractivity contribution in [2.75, 3.05) is 13.2 Å². The Bertz CT molecular complexity index is 708. The fourth-order valence-electron chi connectivity index (χ4n) is 5.89. The minimum Gasteiger partial charge on any atom is -0.462 e. The fraction of sp³-hybridized carbons (Fsp3) is 0.927. The molecule has 6 heteroatoms. The molecule has 0 aliphatic carbocycles. The van der Waals surface area contributed by atoms with Crippen molar-refractivity contribution in [2.45, 2.75) is 226 Å². The molecule has 0 amide bonds. The van der Waals surface area contributed by atoms with Crippen LogP contribution in [0.1, 0.15) is 220 Å². The Labute approximate surface area is 291 Å². The van der Waals surface area contributed by atoms with Crippen LogP contribution in [-0.2, 0) is 28.6 Å². The summed E-state index contributed by atoms with van der Waals surface area (Å²) in [5.41, 5.74) is 0. The van der Waals surface area contributed by atoms with Crippen LogP contribution in [0.25, 0.3) is 0 Å². The monoisotopic (exact) mass is 667 g/mol. The molecule has 0 aromatic carbocycles. The van der Waals surface area contributed by atoms with Crippen LogP contribution in [0.5, 0.6) is 0 Å². The second-order valence-corrected chi connectivity index (χ2v) is 14.2. The van der Waals surface area contributed by atoms with E-state index < -0.39 is 6.10 Å². The summed E-state index contributed by atoms with van der Waals surface area (Å²) in [6.45, 7) is 8.91. The first-order chi connectivity index (χ1) is 22.9. The molecule has 0 spiro atoms. The van der Waals surface area contributed by atoms with Gasteiger partial charge in [-0.1, -0.05) is 182 Å². The van der Waals surface area contributed by atoms with Gasteiger partial charge in [0.25, 0.3) is 0 Å². The molecular weight excluding hydrogens is 588 g/mol. The minimum atomic E-state index is -0.757. The number of rotatable bonds is 36. The van der Waals surface area contributed by atoms with Gasteiger partial charge < -0.3 is 14.2 Å². The number of ether oxygens (including phenoxy) is 3. The van der Waals surface area contributed by atoms with Crippen LogP contribution in [0.15, 0.2) is 0 Å². The van der Waals surface area contributed by atoms with Gasteiger partial charge in [0, 0.05) is 19.3 Å². The molecule has 0 aliphatic rings. The molecule has 0 saturated carbocycles. The first-order valence-corrected chi connectivity index (χ1v) is 20.4. The molecule has 1 unspecified atom stereocenters. The molecule has 0 aliphatic heterocycles. The van der Waals surface area contributed by atoms with Gasteiger partial charge in [0.1, 0.15) is 13.2 Å². The SMILES string of the molecule is CCCCCCCCCCCCC(=O)OC[C@H](COC(=O)CCCCCCCCC(C)CC)OC(=O)CCCCCCCCCCC. The first kappa shape index (κ1) is 45.4. The predicted octanol–water partition coefficient (Wildman–Crippen LogP) is 12.4. The van der Waals surface area contributed by atoms with E-state index in [-0.39, 0.29) is 31.1 Å². The highest BCUT2D eigenvalue weighted by Crippen LogP contribution is 2.16. The van der Waals surface area contributed by atoms with Gasteiger partial charge in [-0.25, -0.2) is 0 Å². The molecule has 6 nitrogen and oxygen atoms in total. The molecular formula is C41H78O6. The van der Waals surface area contributed by atoms with Crippen molar-refractivity contribution >= 4 is 17.9 Å². The van der Waals surface area contributed by atoms with Crippen molar-refractivity contribution in [1.29, 1.82) is 0 Å². The number of hydrogen-bond acceptors (Lipinski definition) is 6. The number of hydrogen-bond donors (Lipinski definition) is 0. The van der Waals surface area contributed by atoms with Crippen LogP contribution in [0.2, 0.25) is 0 Å². The standard InChI is InChI=1S/C41H78O6/c1-5-8-10-12-14-16-18-19-24-28-32-39(42)45-35-38(47-41(44)34-30-26-20-17-15-13-11-9-6-2)36-46-40(43)33-29-25-22-21-23-27-31-37(4)7-3/h37-38H,5-36H2,1-4H3/t37?,38-/m1/s1. The van der Waals surface area contributed by atoms with Gasteiger partial charge in [-0.2, -0.15) is 0 Å². The highest BCUT2D eigenvalue weighted by atomic mass is 16.6. The van der Waals surface area contributed by atoms with Crippen molar-refractivity contribution in [3.63, 3.8) is 0 Å². The van der Waals surface area contributed by atoms with Crippen molar-refractivity contribution in [2.24, 2.45) is 5.92 Å². The third-order valence-electron chi connectivity index (χ3n) is 9.40. The Morgan fingerprint density at radius 1 is 0.426 bits per heavy atom. The van der Waals surface area contributed by atoms with Gasteiger partial charge in [0.2, 0.25) is 0 Å². The van der Waals surface area contributed by atoms with Gasteiger partial charge in [0.05, 0.1) is 0 Å². The average molecular weight is 667 g/mol. The summed E-state index contributed by atoms with van der Waals surface area (Å²) < 4.78 is 16.6. The maximum Gasteiger partial charge on any atom is 0.306 e. The third-order valence-corrected chi connectivity index (χ3v) is 9.40. The van der Waals surface area contributed by atoms with Crippen LogP contribution < -0.4 is 0 Å². The lowest BCUT2D eigenvalue weighted by atomic mass is 10.00. The van der Waals surface area contributed by atoms with Gasteiger partial charge in [-0.05, 0) is 25.2 Å². The number of unbranched alkanes of at least 4 members (excludes halogenated alkanes) is 22. The van der Waals surface area contributed by atoms with E-state index in [0.717, 1.165) is 63.7 Å². The minimum absolute atomic E-state index is 0.0655. The Balaban J connectivity index is 4.36. The highest BCUT2D eigenvalue weighted by molar-refractivity contribution is 5.71. The molecule has 0 rings (SSSR count). The lowest BCUT2D eigenvalue weighted by Crippen LogP contribution is -2.30. The van der Waals surface area contributed by atoms with Crippen LogP contribution >= 0.6 is 0 Å². The zero-order valence-corrected chi connectivity index (χ0v) is 31.7. The smallest absolute Gasteiger partial charge is 0.306 e. The Morgan fingerprint density at radius 2 is 0.745 bits per heavy atom. The van der Waals surface area contributed by atoms with Gasteiger partial charge in [-0.3, -0.25) is 14.4 Å². The van der Waals surface area contributed by atoms with Gasteiger partial charge in [-0.15, -0.1) is 0 Å². The lowest BCUT2D eigenvalue weighted by Gasteiger charge is -2.18. The normalized spacial score (nSPS) is 12.5. The molecule has 0 aromatic rings. The summed E-state index contributed by atoms with van der Waals surface area (Å²) in [6, 6.07) is 0. The van der Waals surface area contributed by atoms with E-state index in [0.29, 0.717) is 19.3 Å². The van der Waals surface area contributed by atoms with E-state index in [2.05, 4.69) is 27.7 Å². The molecule has 0 heterocycles. The summed E-state index contributed by atoms with van der Waals surface area (Å²) in [5.74, 6) is -0.0534. The van der Waals surface area contributed by atoms with Gasteiger partial charge >= 0.3 is 17.9 Å². The number of carbonyl (C=O) groups is 3. The molecule has 0 fully saturated rings. The van der Waals surface area contributed by atoms with E-state index in [9.17, 15) is 14.4 Å². The zero-order valence-electron chi connectivity index (χ0n) is 31.7. The second kappa shape index (κ2) is 35.7. The topological polar surface area (TPSA) is 78.9 Å². The fourth-order valence-corrected chi connectivity index (χ4v) is 5.89. The molecule has 0 radical (unpaired) electrons. The third kappa shape index (κ3) is 34.1. The summed E-state index contributed by atoms with van der Waals surface area (Å²) in [6.07, 6.45) is 32.3. The quantitative estimate of drug-likeness (QED) is 0.0376. The van der Waals surface area contributed by atoms with Gasteiger partial charge in [0.15, 0.2) is 6.10 Å². The van der Waals surface area contributed by atoms with Crippen molar-refractivity contribution in [3.05, 3.63) is 0 Å². The van der Waals surface area contributed by atoms with E-state index in [1.54, 1.807) is 0 Å². The van der Waals surface area contributed by atoms with Crippen LogP contribution in [0.3, 0.4) is 0 Å². The molecule has 2 atom stereocenters. The van der Waals surface area contributed by atoms with E-state index in [1.165, 1.54) is 116 Å². The molecule has 0 saturated heterocycles. The number of carbonyl (C=O) groups excluding carboxylic acids is 3. The van der Waals surface area contributed by atoms with Crippen LogP contribution in [0, 0.1) is 5.92 Å². The molecule has 47 heavy (non-hydrogen) atoms. The summed E-state index contributed by atoms with van der Waals surface area (Å²) >= 11 is 0. The largest absolute Gasteiger partial charge is 0.462 e. The van der Waals surface area contributed by atoms with Crippen molar-refractivity contribution in [1.82, 2.24) is 0 Å². The van der Waals surface area contributed by atoms with Crippen LogP contribution in [0.4, 0.5) is 0 Å². The Kier molecular flexibility index (Phi) is 34.5. The molecule has 0 bridgehead atoms. The van der Waals surface area contributed by atoms with Crippen molar-refractivity contribution in [3.8, 4) is 0 Å². The molecule has 0 aromatic heterocycles. The maximum absolute atomic E-state index is 12.6. The van der Waals surface area contributed by atoms with Crippen molar-refractivity contribution < 1.29 is 28.6 Å². The van der Waals surface area contributed by atoms with Crippen LogP contribution in [-0.4, -0.2) is 37.2 Å². The summed E-state index contributed by atoms with van der Waals surface area (Å²) in [7, 11) is 0. The zero-order chi connectivity index (χ0) is 34.6. The average Bonchev–Trinajstić information content (AvgIpc) is 3.07.